The fourth-order valence-electron chi connectivity index (χ4n) is 3.15. The lowest BCUT2D eigenvalue weighted by molar-refractivity contribution is -0.137. The third kappa shape index (κ3) is 5.22. The van der Waals surface area contributed by atoms with Crippen LogP contribution in [0.4, 0.5) is 18.9 Å². The number of hydrogen-bond donors (Lipinski definition) is 1. The molecule has 3 aromatic carbocycles. The Hall–Kier alpha value is -3.81. The van der Waals surface area contributed by atoms with Gasteiger partial charge in [0, 0.05) is 6.20 Å². The standard InChI is InChI=1S/C23H18F3N3O2/c24-23(25,26)19-7-3-4-16(10-19)13-29-14-20(12-27-29)28-22(30)15-31-21-9-8-17-5-1-2-6-18(17)11-21/h1-12,14H,13,15H2,(H,28,30). The number of ether oxygens (including phenoxy) is 1. The van der Waals surface area contributed by atoms with E-state index in [0.717, 1.165) is 22.9 Å². The van der Waals surface area contributed by atoms with Crippen molar-refractivity contribution in [2.45, 2.75) is 12.7 Å². The van der Waals surface area contributed by atoms with Gasteiger partial charge in [0.15, 0.2) is 6.61 Å². The van der Waals surface area contributed by atoms with Gasteiger partial charge in [-0.25, -0.2) is 0 Å². The smallest absolute Gasteiger partial charge is 0.416 e. The van der Waals surface area contributed by atoms with E-state index in [9.17, 15) is 18.0 Å². The van der Waals surface area contributed by atoms with Gasteiger partial charge in [0.1, 0.15) is 5.75 Å². The second-order valence-corrected chi connectivity index (χ2v) is 6.97. The molecule has 4 rings (SSSR count). The highest BCUT2D eigenvalue weighted by Crippen LogP contribution is 2.29. The zero-order valence-electron chi connectivity index (χ0n) is 16.3. The Morgan fingerprint density at radius 3 is 2.61 bits per heavy atom. The molecule has 0 aliphatic rings. The number of anilines is 1. The molecule has 0 saturated carbocycles. The van der Waals surface area contributed by atoms with E-state index in [1.807, 2.05) is 36.4 Å². The zero-order valence-corrected chi connectivity index (χ0v) is 16.3. The highest BCUT2D eigenvalue weighted by molar-refractivity contribution is 5.91. The summed E-state index contributed by atoms with van der Waals surface area (Å²) >= 11 is 0. The Morgan fingerprint density at radius 1 is 1.00 bits per heavy atom. The Balaban J connectivity index is 1.33. The highest BCUT2D eigenvalue weighted by atomic mass is 19.4. The van der Waals surface area contributed by atoms with E-state index in [1.165, 1.54) is 16.9 Å². The summed E-state index contributed by atoms with van der Waals surface area (Å²) in [4.78, 5) is 12.2. The van der Waals surface area contributed by atoms with E-state index in [2.05, 4.69) is 10.4 Å². The van der Waals surface area contributed by atoms with Crippen LogP contribution in [0, 0.1) is 0 Å². The molecule has 0 aliphatic heterocycles. The third-order valence-electron chi connectivity index (χ3n) is 4.61. The van der Waals surface area contributed by atoms with Crippen LogP contribution < -0.4 is 10.1 Å². The summed E-state index contributed by atoms with van der Waals surface area (Å²) in [7, 11) is 0. The maximum Gasteiger partial charge on any atom is 0.416 e. The van der Waals surface area contributed by atoms with Crippen molar-refractivity contribution < 1.29 is 22.7 Å². The van der Waals surface area contributed by atoms with Crippen molar-refractivity contribution in [1.82, 2.24) is 9.78 Å². The molecule has 0 fully saturated rings. The average molecular weight is 425 g/mol. The lowest BCUT2D eigenvalue weighted by Crippen LogP contribution is -2.19. The van der Waals surface area contributed by atoms with Crippen molar-refractivity contribution in [2.24, 2.45) is 0 Å². The summed E-state index contributed by atoms with van der Waals surface area (Å²) in [5.74, 6) is 0.209. The summed E-state index contributed by atoms with van der Waals surface area (Å²) in [6.07, 6.45) is -1.42. The summed E-state index contributed by atoms with van der Waals surface area (Å²) in [6, 6.07) is 18.4. The van der Waals surface area contributed by atoms with E-state index in [1.54, 1.807) is 18.3 Å². The summed E-state index contributed by atoms with van der Waals surface area (Å²) in [5, 5.41) is 8.84. The van der Waals surface area contributed by atoms with Gasteiger partial charge in [0.2, 0.25) is 0 Å². The minimum atomic E-state index is -4.40. The molecule has 5 nitrogen and oxygen atoms in total. The van der Waals surface area contributed by atoms with Gasteiger partial charge in [-0.15, -0.1) is 0 Å². The van der Waals surface area contributed by atoms with Crippen molar-refractivity contribution in [3.63, 3.8) is 0 Å². The molecule has 0 radical (unpaired) electrons. The minimum Gasteiger partial charge on any atom is -0.484 e. The number of aromatic nitrogens is 2. The first-order valence-corrected chi connectivity index (χ1v) is 9.47. The predicted molar refractivity (Wildman–Crippen MR) is 111 cm³/mol. The molecule has 0 aliphatic carbocycles. The number of benzene rings is 3. The fourth-order valence-corrected chi connectivity index (χ4v) is 3.15. The quantitative estimate of drug-likeness (QED) is 0.467. The van der Waals surface area contributed by atoms with Crippen molar-refractivity contribution in [2.75, 3.05) is 11.9 Å². The number of alkyl halides is 3. The molecule has 1 N–H and O–H groups in total. The molecule has 0 spiro atoms. The first-order chi connectivity index (χ1) is 14.9. The SMILES string of the molecule is O=C(COc1ccc2ccccc2c1)Nc1cnn(Cc2cccc(C(F)(F)F)c2)c1. The van der Waals surface area contributed by atoms with E-state index < -0.39 is 11.7 Å². The predicted octanol–water partition coefficient (Wildman–Crippen LogP) is 5.12. The number of carbonyl (C=O) groups is 1. The van der Waals surface area contributed by atoms with Gasteiger partial charge in [0.25, 0.3) is 5.91 Å². The first kappa shape index (κ1) is 20.5. The molecule has 31 heavy (non-hydrogen) atoms. The van der Waals surface area contributed by atoms with Crippen LogP contribution in [0.2, 0.25) is 0 Å². The zero-order chi connectivity index (χ0) is 21.8. The molecule has 1 amide bonds. The van der Waals surface area contributed by atoms with Gasteiger partial charge in [-0.3, -0.25) is 9.48 Å². The maximum absolute atomic E-state index is 12.8. The summed E-state index contributed by atoms with van der Waals surface area (Å²) in [6.45, 7) is -0.0372. The van der Waals surface area contributed by atoms with Crippen LogP contribution in [0.1, 0.15) is 11.1 Å². The first-order valence-electron chi connectivity index (χ1n) is 9.47. The Kier molecular flexibility index (Phi) is 5.62. The maximum atomic E-state index is 12.8. The van der Waals surface area contributed by atoms with Gasteiger partial charge in [-0.2, -0.15) is 18.3 Å². The minimum absolute atomic E-state index is 0.146. The van der Waals surface area contributed by atoms with Crippen LogP contribution in [-0.2, 0) is 17.5 Å². The Morgan fingerprint density at radius 2 is 1.81 bits per heavy atom. The number of rotatable bonds is 6. The van der Waals surface area contributed by atoms with Crippen molar-refractivity contribution in [3.05, 3.63) is 90.3 Å². The number of nitrogens with zero attached hydrogens (tertiary/aromatic N) is 2. The van der Waals surface area contributed by atoms with Crippen molar-refractivity contribution >= 4 is 22.4 Å². The number of hydrogen-bond acceptors (Lipinski definition) is 3. The Bertz CT molecular complexity index is 1220. The van der Waals surface area contributed by atoms with Gasteiger partial charge in [0.05, 0.1) is 24.0 Å². The third-order valence-corrected chi connectivity index (χ3v) is 4.61. The molecular formula is C23H18F3N3O2. The molecular weight excluding hydrogens is 407 g/mol. The van der Waals surface area contributed by atoms with Crippen LogP contribution in [0.15, 0.2) is 79.1 Å². The van der Waals surface area contributed by atoms with Crippen LogP contribution >= 0.6 is 0 Å². The second kappa shape index (κ2) is 8.51. The van der Waals surface area contributed by atoms with Crippen molar-refractivity contribution in [1.29, 1.82) is 0 Å². The number of fused-ring (bicyclic) bond motifs is 1. The van der Waals surface area contributed by atoms with Gasteiger partial charge in [-0.05, 0) is 40.6 Å². The number of halogens is 3. The molecule has 158 valence electrons. The van der Waals surface area contributed by atoms with E-state index >= 15 is 0 Å². The average Bonchev–Trinajstić information content (AvgIpc) is 3.18. The number of nitrogens with one attached hydrogen (secondary N) is 1. The molecule has 0 atom stereocenters. The summed E-state index contributed by atoms with van der Waals surface area (Å²) < 4.78 is 45.5. The number of amides is 1. The highest BCUT2D eigenvalue weighted by Gasteiger charge is 2.30. The molecule has 4 aromatic rings. The van der Waals surface area contributed by atoms with Crippen LogP contribution in [0.25, 0.3) is 10.8 Å². The van der Waals surface area contributed by atoms with Crippen LogP contribution in [0.3, 0.4) is 0 Å². The monoisotopic (exact) mass is 425 g/mol. The van der Waals surface area contributed by atoms with E-state index in [0.29, 0.717) is 17.0 Å². The summed E-state index contributed by atoms with van der Waals surface area (Å²) in [5.41, 5.74) is 0.172. The molecule has 1 aromatic heterocycles. The van der Waals surface area contributed by atoms with Gasteiger partial charge < -0.3 is 10.1 Å². The largest absolute Gasteiger partial charge is 0.484 e. The molecule has 0 unspecified atom stereocenters. The molecule has 0 saturated heterocycles. The normalized spacial score (nSPS) is 11.5. The number of carbonyl (C=O) groups excluding carboxylic acids is 1. The second-order valence-electron chi connectivity index (χ2n) is 6.97. The van der Waals surface area contributed by atoms with E-state index in [4.69, 9.17) is 4.74 Å². The van der Waals surface area contributed by atoms with Gasteiger partial charge in [-0.1, -0.05) is 42.5 Å². The fraction of sp³-hybridized carbons (Fsp3) is 0.130. The van der Waals surface area contributed by atoms with Crippen molar-refractivity contribution in [3.8, 4) is 5.75 Å². The van der Waals surface area contributed by atoms with Crippen LogP contribution in [0.5, 0.6) is 5.75 Å². The van der Waals surface area contributed by atoms with Gasteiger partial charge >= 0.3 is 6.18 Å². The molecule has 0 bridgehead atoms. The van der Waals surface area contributed by atoms with E-state index in [-0.39, 0.29) is 19.1 Å². The Labute approximate surface area is 176 Å². The lowest BCUT2D eigenvalue weighted by atomic mass is 10.1. The van der Waals surface area contributed by atoms with Crippen LogP contribution in [-0.4, -0.2) is 22.3 Å². The topological polar surface area (TPSA) is 56.1 Å². The molecule has 1 heterocycles. The lowest BCUT2D eigenvalue weighted by Gasteiger charge is -2.09. The molecule has 8 heteroatoms.